The summed E-state index contributed by atoms with van der Waals surface area (Å²) < 4.78 is 18.1. The summed E-state index contributed by atoms with van der Waals surface area (Å²) in [5.74, 6) is 0.166. The van der Waals surface area contributed by atoms with Crippen molar-refractivity contribution in [3.8, 4) is 0 Å². The minimum atomic E-state index is -0.336. The van der Waals surface area contributed by atoms with E-state index in [2.05, 4.69) is 20.9 Å². The molecule has 0 aliphatic carbocycles. The van der Waals surface area contributed by atoms with Crippen LogP contribution in [0.5, 0.6) is 0 Å². The zero-order chi connectivity index (χ0) is 17.1. The Bertz CT molecular complexity index is 523. The third kappa shape index (κ3) is 8.15. The lowest BCUT2D eigenvalue weighted by Crippen LogP contribution is -2.46. The highest BCUT2D eigenvalue weighted by Gasteiger charge is 2.06. The Morgan fingerprint density at radius 3 is 2.74 bits per heavy atom. The van der Waals surface area contributed by atoms with Crippen molar-refractivity contribution >= 4 is 11.9 Å². The van der Waals surface area contributed by atoms with Gasteiger partial charge in [-0.25, -0.2) is 4.39 Å². The molecule has 128 valence electrons. The van der Waals surface area contributed by atoms with Crippen LogP contribution in [0, 0.1) is 5.82 Å². The zero-order valence-corrected chi connectivity index (χ0v) is 13.9. The normalized spacial score (nSPS) is 12.6. The van der Waals surface area contributed by atoms with Crippen molar-refractivity contribution in [2.24, 2.45) is 4.99 Å². The van der Waals surface area contributed by atoms with Crippen molar-refractivity contribution < 1.29 is 13.9 Å². The number of carbonyl (C=O) groups is 1. The number of aliphatic imine (C=N–C) groups is 1. The van der Waals surface area contributed by atoms with Crippen molar-refractivity contribution in [2.75, 3.05) is 33.9 Å². The molecule has 0 aromatic heterocycles. The number of amides is 1. The molecule has 1 amide bonds. The quantitative estimate of drug-likeness (QED) is 0.374. The first-order valence-corrected chi connectivity index (χ1v) is 7.52. The lowest BCUT2D eigenvalue weighted by Gasteiger charge is -2.17. The van der Waals surface area contributed by atoms with Crippen molar-refractivity contribution in [1.29, 1.82) is 0 Å². The first-order chi connectivity index (χ1) is 11.0. The summed E-state index contributed by atoms with van der Waals surface area (Å²) in [5.41, 5.74) is 0.654. The summed E-state index contributed by atoms with van der Waals surface area (Å²) in [6.45, 7) is 3.55. The van der Waals surface area contributed by atoms with Crippen LogP contribution in [-0.4, -0.2) is 51.8 Å². The van der Waals surface area contributed by atoms with Gasteiger partial charge < -0.3 is 20.7 Å². The first-order valence-electron chi connectivity index (χ1n) is 7.52. The standard InChI is InChI=1S/C16H25FN4O2/c1-12(11-23-3)21-16(18-2)20-8-7-19-15(22)10-13-5-4-6-14(17)9-13/h4-6,9,12H,7-8,10-11H2,1-3H3,(H,19,22)(H2,18,20,21). The molecule has 1 aromatic carbocycles. The molecule has 0 bridgehead atoms. The smallest absolute Gasteiger partial charge is 0.224 e. The number of carbonyl (C=O) groups excluding carboxylic acids is 1. The van der Waals surface area contributed by atoms with Crippen LogP contribution in [0.15, 0.2) is 29.3 Å². The van der Waals surface area contributed by atoms with Gasteiger partial charge in [-0.1, -0.05) is 12.1 Å². The number of rotatable bonds is 8. The lowest BCUT2D eigenvalue weighted by molar-refractivity contribution is -0.120. The van der Waals surface area contributed by atoms with Crippen molar-refractivity contribution in [3.05, 3.63) is 35.6 Å². The van der Waals surface area contributed by atoms with Gasteiger partial charge in [-0.15, -0.1) is 0 Å². The molecule has 0 fully saturated rings. The summed E-state index contributed by atoms with van der Waals surface area (Å²) in [6, 6.07) is 6.17. The average molecular weight is 324 g/mol. The van der Waals surface area contributed by atoms with Gasteiger partial charge in [0.05, 0.1) is 13.0 Å². The number of benzene rings is 1. The minimum Gasteiger partial charge on any atom is -0.383 e. The molecular formula is C16H25FN4O2. The molecule has 3 N–H and O–H groups in total. The second kappa shape index (κ2) is 10.6. The Labute approximate surface area is 136 Å². The van der Waals surface area contributed by atoms with Crippen LogP contribution in [0.3, 0.4) is 0 Å². The maximum Gasteiger partial charge on any atom is 0.224 e. The third-order valence-electron chi connectivity index (χ3n) is 3.02. The fourth-order valence-electron chi connectivity index (χ4n) is 2.00. The van der Waals surface area contributed by atoms with E-state index in [0.717, 1.165) is 0 Å². The SMILES string of the molecule is CN=C(NCCNC(=O)Cc1cccc(F)c1)NC(C)COC. The molecule has 0 radical (unpaired) electrons. The molecule has 0 aliphatic heterocycles. The van der Waals surface area contributed by atoms with Gasteiger partial charge in [0, 0.05) is 33.3 Å². The van der Waals surface area contributed by atoms with Gasteiger partial charge in [-0.05, 0) is 24.6 Å². The van der Waals surface area contributed by atoms with E-state index in [1.54, 1.807) is 26.3 Å². The van der Waals surface area contributed by atoms with E-state index in [-0.39, 0.29) is 24.2 Å². The van der Waals surface area contributed by atoms with Gasteiger partial charge in [0.25, 0.3) is 0 Å². The van der Waals surface area contributed by atoms with E-state index < -0.39 is 0 Å². The first kappa shape index (κ1) is 18.9. The number of hydrogen-bond acceptors (Lipinski definition) is 3. The molecule has 6 nitrogen and oxygen atoms in total. The predicted octanol–water partition coefficient (Wildman–Crippen LogP) is 0.684. The largest absolute Gasteiger partial charge is 0.383 e. The Morgan fingerprint density at radius 1 is 1.35 bits per heavy atom. The predicted molar refractivity (Wildman–Crippen MR) is 88.9 cm³/mol. The highest BCUT2D eigenvalue weighted by Crippen LogP contribution is 2.03. The van der Waals surface area contributed by atoms with Crippen LogP contribution in [0.25, 0.3) is 0 Å². The van der Waals surface area contributed by atoms with Gasteiger partial charge in [-0.2, -0.15) is 0 Å². The molecule has 0 spiro atoms. The van der Waals surface area contributed by atoms with Crippen LogP contribution in [-0.2, 0) is 16.0 Å². The molecule has 1 atom stereocenters. The maximum absolute atomic E-state index is 13.0. The van der Waals surface area contributed by atoms with E-state index in [9.17, 15) is 9.18 Å². The molecule has 1 rings (SSSR count). The Hall–Kier alpha value is -2.15. The van der Waals surface area contributed by atoms with Crippen LogP contribution < -0.4 is 16.0 Å². The Morgan fingerprint density at radius 2 is 2.09 bits per heavy atom. The topological polar surface area (TPSA) is 74.8 Å². The molecule has 1 unspecified atom stereocenters. The minimum absolute atomic E-state index is 0.133. The van der Waals surface area contributed by atoms with Crippen LogP contribution in [0.4, 0.5) is 4.39 Å². The van der Waals surface area contributed by atoms with Gasteiger partial charge in [0.1, 0.15) is 5.82 Å². The van der Waals surface area contributed by atoms with Crippen molar-refractivity contribution in [3.63, 3.8) is 0 Å². The molecule has 23 heavy (non-hydrogen) atoms. The summed E-state index contributed by atoms with van der Waals surface area (Å²) in [4.78, 5) is 15.9. The number of guanidine groups is 1. The highest BCUT2D eigenvalue weighted by molar-refractivity contribution is 5.80. The fraction of sp³-hybridized carbons (Fsp3) is 0.500. The highest BCUT2D eigenvalue weighted by atomic mass is 19.1. The lowest BCUT2D eigenvalue weighted by atomic mass is 10.1. The molecule has 0 heterocycles. The van der Waals surface area contributed by atoms with Gasteiger partial charge in [-0.3, -0.25) is 9.79 Å². The number of ether oxygens (including phenoxy) is 1. The average Bonchev–Trinajstić information content (AvgIpc) is 2.50. The van der Waals surface area contributed by atoms with Crippen LogP contribution in [0.1, 0.15) is 12.5 Å². The van der Waals surface area contributed by atoms with Crippen molar-refractivity contribution in [1.82, 2.24) is 16.0 Å². The van der Waals surface area contributed by atoms with E-state index >= 15 is 0 Å². The molecule has 0 aliphatic rings. The number of nitrogens with zero attached hydrogens (tertiary/aromatic N) is 1. The van der Waals surface area contributed by atoms with Crippen LogP contribution in [0.2, 0.25) is 0 Å². The number of methoxy groups -OCH3 is 1. The summed E-state index contributed by atoms with van der Waals surface area (Å²) in [6.07, 6.45) is 0.162. The second-order valence-electron chi connectivity index (χ2n) is 5.16. The van der Waals surface area contributed by atoms with Gasteiger partial charge in [0.15, 0.2) is 5.96 Å². The van der Waals surface area contributed by atoms with Gasteiger partial charge >= 0.3 is 0 Å². The molecular weight excluding hydrogens is 299 g/mol. The van der Waals surface area contributed by atoms with E-state index in [1.807, 2.05) is 6.92 Å². The second-order valence-corrected chi connectivity index (χ2v) is 5.16. The van der Waals surface area contributed by atoms with Crippen molar-refractivity contribution in [2.45, 2.75) is 19.4 Å². The summed E-state index contributed by atoms with van der Waals surface area (Å²) >= 11 is 0. The number of nitrogens with one attached hydrogen (secondary N) is 3. The van der Waals surface area contributed by atoms with Gasteiger partial charge in [0.2, 0.25) is 5.91 Å². The fourth-order valence-corrected chi connectivity index (χ4v) is 2.00. The molecule has 7 heteroatoms. The molecule has 0 saturated carbocycles. The van der Waals surface area contributed by atoms with E-state index in [1.165, 1.54) is 12.1 Å². The zero-order valence-electron chi connectivity index (χ0n) is 13.9. The molecule has 0 saturated heterocycles. The van der Waals surface area contributed by atoms with E-state index in [0.29, 0.717) is 31.2 Å². The summed E-state index contributed by atoms with van der Waals surface area (Å²) in [7, 11) is 3.32. The monoisotopic (exact) mass is 324 g/mol. The number of hydrogen-bond donors (Lipinski definition) is 3. The van der Waals surface area contributed by atoms with E-state index in [4.69, 9.17) is 4.74 Å². The maximum atomic E-state index is 13.0. The summed E-state index contributed by atoms with van der Waals surface area (Å²) in [5, 5.41) is 9.03. The third-order valence-corrected chi connectivity index (χ3v) is 3.02. The number of halogens is 1. The Kier molecular flexibility index (Phi) is 8.67. The molecule has 1 aromatic rings. The Balaban J connectivity index is 2.24. The van der Waals surface area contributed by atoms with Crippen LogP contribution >= 0.6 is 0 Å².